The normalized spacial score (nSPS) is 10.6. The maximum Gasteiger partial charge on any atom is 0.0455 e. The first-order valence-electron chi connectivity index (χ1n) is 10.7. The number of rotatable bonds is 7. The van der Waals surface area contributed by atoms with Gasteiger partial charge in [0.1, 0.15) is 0 Å². The minimum atomic E-state index is 0.398. The number of para-hydroxylation sites is 1. The average Bonchev–Trinajstić information content (AvgIpc) is 2.72. The summed E-state index contributed by atoms with van der Waals surface area (Å²) < 4.78 is 0. The number of anilines is 1. The molecule has 0 fully saturated rings. The SMILES string of the molecule is C=C/C=C\C=C(/C)N(/C(=C/C=C)C(C)C)c1ccccc1.CC.CC.CCC. The molecule has 0 radical (unpaired) electrons. The summed E-state index contributed by atoms with van der Waals surface area (Å²) in [5, 5.41) is 0. The van der Waals surface area contributed by atoms with Crippen molar-refractivity contribution in [3.8, 4) is 0 Å². The molecular formula is C27H45N. The van der Waals surface area contributed by atoms with E-state index in [1.54, 1.807) is 6.08 Å². The highest BCUT2D eigenvalue weighted by Gasteiger charge is 2.15. The monoisotopic (exact) mass is 383 g/mol. The van der Waals surface area contributed by atoms with E-state index in [0.717, 1.165) is 11.4 Å². The minimum Gasteiger partial charge on any atom is -0.318 e. The van der Waals surface area contributed by atoms with Gasteiger partial charge in [0.2, 0.25) is 0 Å². The molecule has 0 unspecified atom stereocenters. The van der Waals surface area contributed by atoms with Crippen molar-refractivity contribution < 1.29 is 0 Å². The van der Waals surface area contributed by atoms with Crippen molar-refractivity contribution in [3.05, 3.63) is 91.3 Å². The van der Waals surface area contributed by atoms with Crippen molar-refractivity contribution in [1.82, 2.24) is 0 Å². The molecule has 0 saturated carbocycles. The van der Waals surface area contributed by atoms with E-state index in [0.29, 0.717) is 5.92 Å². The van der Waals surface area contributed by atoms with Gasteiger partial charge >= 0.3 is 0 Å². The molecule has 1 aromatic carbocycles. The second kappa shape index (κ2) is 22.8. The van der Waals surface area contributed by atoms with Crippen LogP contribution >= 0.6 is 0 Å². The van der Waals surface area contributed by atoms with Gasteiger partial charge < -0.3 is 4.90 Å². The molecule has 0 bridgehead atoms. The Labute approximate surface area is 176 Å². The van der Waals surface area contributed by atoms with Crippen LogP contribution in [0.3, 0.4) is 0 Å². The van der Waals surface area contributed by atoms with Crippen molar-refractivity contribution in [3.63, 3.8) is 0 Å². The molecular weight excluding hydrogens is 338 g/mol. The summed E-state index contributed by atoms with van der Waals surface area (Å²) in [4.78, 5) is 2.26. The van der Waals surface area contributed by atoms with Gasteiger partial charge in [-0.15, -0.1) is 0 Å². The maximum atomic E-state index is 3.84. The van der Waals surface area contributed by atoms with Crippen LogP contribution in [-0.4, -0.2) is 0 Å². The van der Waals surface area contributed by atoms with E-state index in [1.807, 2.05) is 52.0 Å². The van der Waals surface area contributed by atoms with Gasteiger partial charge in [0, 0.05) is 17.1 Å². The Kier molecular flexibility index (Phi) is 24.7. The molecule has 0 spiro atoms. The van der Waals surface area contributed by atoms with Crippen LogP contribution in [0.1, 0.15) is 68.7 Å². The summed E-state index contributed by atoms with van der Waals surface area (Å²) in [6.45, 7) is 26.3. The number of hydrogen-bond donors (Lipinski definition) is 0. The van der Waals surface area contributed by atoms with Gasteiger partial charge in [-0.05, 0) is 37.1 Å². The minimum absolute atomic E-state index is 0.398. The molecule has 0 saturated heterocycles. The Morgan fingerprint density at radius 1 is 0.893 bits per heavy atom. The number of hydrogen-bond acceptors (Lipinski definition) is 1. The molecule has 1 rings (SSSR count). The largest absolute Gasteiger partial charge is 0.318 e. The van der Waals surface area contributed by atoms with E-state index in [1.165, 1.54) is 12.1 Å². The fourth-order valence-corrected chi connectivity index (χ4v) is 2.13. The van der Waals surface area contributed by atoms with E-state index in [2.05, 4.69) is 89.1 Å². The summed E-state index contributed by atoms with van der Waals surface area (Å²) >= 11 is 0. The van der Waals surface area contributed by atoms with Gasteiger partial charge in [-0.1, -0.05) is 117 Å². The molecule has 0 atom stereocenters. The summed E-state index contributed by atoms with van der Waals surface area (Å²) in [7, 11) is 0. The third-order valence-electron chi connectivity index (χ3n) is 3.09. The molecule has 0 amide bonds. The van der Waals surface area contributed by atoms with Crippen LogP contribution in [0.15, 0.2) is 91.3 Å². The Morgan fingerprint density at radius 3 is 1.79 bits per heavy atom. The molecule has 0 heterocycles. The quantitative estimate of drug-likeness (QED) is 0.424. The smallest absolute Gasteiger partial charge is 0.0455 e. The Hall–Kier alpha value is -2.28. The van der Waals surface area contributed by atoms with Gasteiger partial charge in [0.25, 0.3) is 0 Å². The van der Waals surface area contributed by atoms with Crippen molar-refractivity contribution in [2.75, 3.05) is 4.90 Å². The zero-order chi connectivity index (χ0) is 22.4. The first-order chi connectivity index (χ1) is 13.5. The van der Waals surface area contributed by atoms with Crippen molar-refractivity contribution >= 4 is 5.69 Å². The van der Waals surface area contributed by atoms with Crippen LogP contribution in [0.2, 0.25) is 0 Å². The summed E-state index contributed by atoms with van der Waals surface area (Å²) in [5.41, 5.74) is 3.53. The maximum absolute atomic E-state index is 3.84. The van der Waals surface area contributed by atoms with Crippen LogP contribution in [0, 0.1) is 5.92 Å². The highest BCUT2D eigenvalue weighted by Crippen LogP contribution is 2.28. The number of nitrogens with zero attached hydrogens (tertiary/aromatic N) is 1. The summed E-state index contributed by atoms with van der Waals surface area (Å²) in [6.07, 6.45) is 13.0. The fraction of sp³-hybridized carbons (Fsp3) is 0.407. The Bertz CT molecular complexity index is 559. The molecule has 0 aliphatic rings. The predicted octanol–water partition coefficient (Wildman–Crippen LogP) is 9.33. The molecule has 0 aliphatic heterocycles. The Morgan fingerprint density at radius 2 is 1.39 bits per heavy atom. The lowest BCUT2D eigenvalue weighted by Crippen LogP contribution is -2.23. The van der Waals surface area contributed by atoms with Crippen LogP contribution in [0.5, 0.6) is 0 Å². The van der Waals surface area contributed by atoms with Crippen LogP contribution < -0.4 is 4.90 Å². The zero-order valence-electron chi connectivity index (χ0n) is 20.0. The second-order valence-electron chi connectivity index (χ2n) is 5.79. The predicted molar refractivity (Wildman–Crippen MR) is 134 cm³/mol. The molecule has 1 aromatic rings. The third-order valence-corrected chi connectivity index (χ3v) is 3.09. The van der Waals surface area contributed by atoms with Crippen LogP contribution in [-0.2, 0) is 0 Å². The molecule has 0 aromatic heterocycles. The molecule has 158 valence electrons. The summed E-state index contributed by atoms with van der Waals surface area (Å²) in [6, 6.07) is 10.4. The lowest BCUT2D eigenvalue weighted by atomic mass is 10.1. The van der Waals surface area contributed by atoms with Gasteiger partial charge in [-0.25, -0.2) is 0 Å². The van der Waals surface area contributed by atoms with Gasteiger partial charge in [-0.2, -0.15) is 0 Å². The number of allylic oxidation sites excluding steroid dienone is 8. The van der Waals surface area contributed by atoms with E-state index >= 15 is 0 Å². The number of benzene rings is 1. The first kappa shape index (κ1) is 30.4. The average molecular weight is 384 g/mol. The zero-order valence-corrected chi connectivity index (χ0v) is 20.0. The molecule has 28 heavy (non-hydrogen) atoms. The highest BCUT2D eigenvalue weighted by atomic mass is 15.2. The molecule has 1 nitrogen and oxygen atoms in total. The van der Waals surface area contributed by atoms with E-state index in [9.17, 15) is 0 Å². The molecule has 1 heteroatoms. The fourth-order valence-electron chi connectivity index (χ4n) is 2.13. The van der Waals surface area contributed by atoms with Gasteiger partial charge in [0.15, 0.2) is 0 Å². The summed E-state index contributed by atoms with van der Waals surface area (Å²) in [5.74, 6) is 0.398. The van der Waals surface area contributed by atoms with Gasteiger partial charge in [0.05, 0.1) is 0 Å². The lowest BCUT2D eigenvalue weighted by Gasteiger charge is -2.30. The Balaban J connectivity index is -0.000000789. The van der Waals surface area contributed by atoms with Crippen molar-refractivity contribution in [1.29, 1.82) is 0 Å². The van der Waals surface area contributed by atoms with E-state index in [-0.39, 0.29) is 0 Å². The molecule has 0 aliphatic carbocycles. The van der Waals surface area contributed by atoms with Crippen LogP contribution in [0.4, 0.5) is 5.69 Å². The van der Waals surface area contributed by atoms with Crippen LogP contribution in [0.25, 0.3) is 0 Å². The topological polar surface area (TPSA) is 3.24 Å². The van der Waals surface area contributed by atoms with E-state index < -0.39 is 0 Å². The second-order valence-corrected chi connectivity index (χ2v) is 5.79. The molecule has 0 N–H and O–H groups in total. The first-order valence-corrected chi connectivity index (χ1v) is 10.7. The standard InChI is InChI=1S/C20H25N.C3H8.2C2H6/c1-6-8-10-14-18(5)21(19-15-11-9-12-16-19)20(13-7-2)17(3)4;1-3-2;2*1-2/h6-17H,1-2H2,3-5H3;3H2,1-2H3;2*1-2H3/b10-8-,18-14+,20-13+;;;. The van der Waals surface area contributed by atoms with E-state index in [4.69, 9.17) is 0 Å². The van der Waals surface area contributed by atoms with Gasteiger partial charge in [-0.3, -0.25) is 0 Å². The highest BCUT2D eigenvalue weighted by molar-refractivity contribution is 5.58. The lowest BCUT2D eigenvalue weighted by molar-refractivity contribution is 0.734. The van der Waals surface area contributed by atoms with Crippen molar-refractivity contribution in [2.24, 2.45) is 5.92 Å². The third kappa shape index (κ3) is 13.9. The van der Waals surface area contributed by atoms with Crippen molar-refractivity contribution in [2.45, 2.75) is 68.7 Å².